The Labute approximate surface area is 317 Å². The molecular formula is C52H33NS. The molecule has 11 rings (SSSR count). The van der Waals surface area contributed by atoms with Gasteiger partial charge in [0.15, 0.2) is 0 Å². The van der Waals surface area contributed by atoms with Crippen molar-refractivity contribution in [1.29, 1.82) is 0 Å². The van der Waals surface area contributed by atoms with Crippen LogP contribution in [0.4, 0.5) is 17.1 Å². The lowest BCUT2D eigenvalue weighted by molar-refractivity contribution is 1.31. The van der Waals surface area contributed by atoms with E-state index in [4.69, 9.17) is 0 Å². The second kappa shape index (κ2) is 12.4. The van der Waals surface area contributed by atoms with Crippen LogP contribution in [0.2, 0.25) is 0 Å². The van der Waals surface area contributed by atoms with Crippen LogP contribution in [0.1, 0.15) is 0 Å². The summed E-state index contributed by atoms with van der Waals surface area (Å²) in [5.74, 6) is 0. The van der Waals surface area contributed by atoms with Gasteiger partial charge in [0.25, 0.3) is 0 Å². The molecule has 0 aliphatic rings. The van der Waals surface area contributed by atoms with Crippen LogP contribution in [-0.2, 0) is 0 Å². The largest absolute Gasteiger partial charge is 0.309 e. The molecule has 10 aromatic carbocycles. The molecule has 0 spiro atoms. The lowest BCUT2D eigenvalue weighted by Crippen LogP contribution is -2.12. The molecule has 252 valence electrons. The van der Waals surface area contributed by atoms with E-state index in [1.807, 2.05) is 11.3 Å². The molecule has 0 aliphatic heterocycles. The zero-order chi connectivity index (χ0) is 35.6. The van der Waals surface area contributed by atoms with Crippen molar-refractivity contribution in [3.63, 3.8) is 0 Å². The van der Waals surface area contributed by atoms with Crippen molar-refractivity contribution >= 4 is 91.7 Å². The van der Waals surface area contributed by atoms with Gasteiger partial charge in [0.1, 0.15) is 0 Å². The van der Waals surface area contributed by atoms with Crippen molar-refractivity contribution < 1.29 is 0 Å². The summed E-state index contributed by atoms with van der Waals surface area (Å²) < 4.78 is 2.59. The van der Waals surface area contributed by atoms with E-state index in [-0.39, 0.29) is 0 Å². The summed E-state index contributed by atoms with van der Waals surface area (Å²) in [6, 6.07) is 73.6. The highest BCUT2D eigenvalue weighted by Gasteiger charge is 2.22. The van der Waals surface area contributed by atoms with E-state index >= 15 is 0 Å². The van der Waals surface area contributed by atoms with Gasteiger partial charge >= 0.3 is 0 Å². The molecule has 0 atom stereocenters. The zero-order valence-electron chi connectivity index (χ0n) is 29.4. The first-order valence-electron chi connectivity index (χ1n) is 18.5. The third-order valence-corrected chi connectivity index (χ3v) is 12.1. The minimum atomic E-state index is 1.13. The number of hydrogen-bond acceptors (Lipinski definition) is 2. The van der Waals surface area contributed by atoms with Crippen LogP contribution >= 0.6 is 11.3 Å². The number of rotatable bonds is 5. The van der Waals surface area contributed by atoms with Crippen LogP contribution < -0.4 is 4.90 Å². The molecule has 1 aromatic heterocycles. The Morgan fingerprint density at radius 1 is 0.296 bits per heavy atom. The Morgan fingerprint density at radius 2 is 0.907 bits per heavy atom. The smallest absolute Gasteiger partial charge is 0.0540 e. The van der Waals surface area contributed by atoms with Gasteiger partial charge in [0.05, 0.1) is 11.4 Å². The van der Waals surface area contributed by atoms with Gasteiger partial charge in [-0.05, 0) is 96.9 Å². The summed E-state index contributed by atoms with van der Waals surface area (Å²) in [7, 11) is 0. The molecular weight excluding hydrogens is 671 g/mol. The molecule has 0 aliphatic carbocycles. The van der Waals surface area contributed by atoms with E-state index in [0.717, 1.165) is 17.1 Å². The molecule has 0 amide bonds. The van der Waals surface area contributed by atoms with Gasteiger partial charge in [-0.2, -0.15) is 0 Å². The van der Waals surface area contributed by atoms with E-state index in [0.29, 0.717) is 0 Å². The average Bonchev–Trinajstić information content (AvgIpc) is 3.59. The van der Waals surface area contributed by atoms with E-state index in [2.05, 4.69) is 205 Å². The Bertz CT molecular complexity index is 3230. The van der Waals surface area contributed by atoms with Crippen LogP contribution in [0.5, 0.6) is 0 Å². The molecule has 0 radical (unpaired) electrons. The fraction of sp³-hybridized carbons (Fsp3) is 0. The Kier molecular flexibility index (Phi) is 7.11. The van der Waals surface area contributed by atoms with Crippen molar-refractivity contribution in [2.75, 3.05) is 4.90 Å². The SMILES string of the molecule is c1ccc(-c2ccc(N(c3ccc4c(c3)sc3cc5ccccc5cc34)c3ccccc3-c3cc4ccccc4c4ccccc34)c3ccccc23)cc1. The summed E-state index contributed by atoms with van der Waals surface area (Å²) in [6.07, 6.45) is 0. The maximum atomic E-state index is 2.50. The van der Waals surface area contributed by atoms with Gasteiger partial charge in [0.2, 0.25) is 0 Å². The molecule has 0 saturated heterocycles. The second-order valence-corrected chi connectivity index (χ2v) is 15.1. The lowest BCUT2D eigenvalue weighted by Gasteiger charge is -2.30. The molecule has 0 bridgehead atoms. The number of anilines is 3. The summed E-state index contributed by atoms with van der Waals surface area (Å²) in [5, 5.41) is 12.6. The molecule has 1 nitrogen and oxygen atoms in total. The van der Waals surface area contributed by atoms with Gasteiger partial charge in [-0.15, -0.1) is 11.3 Å². The second-order valence-electron chi connectivity index (χ2n) is 14.1. The van der Waals surface area contributed by atoms with Crippen LogP contribution in [0.3, 0.4) is 0 Å². The third kappa shape index (κ3) is 4.92. The molecule has 11 aromatic rings. The highest BCUT2D eigenvalue weighted by molar-refractivity contribution is 7.26. The number of fused-ring (bicyclic) bond motifs is 8. The Hall–Kier alpha value is -6.74. The lowest BCUT2D eigenvalue weighted by atomic mass is 9.91. The highest BCUT2D eigenvalue weighted by atomic mass is 32.1. The maximum Gasteiger partial charge on any atom is 0.0540 e. The fourth-order valence-corrected chi connectivity index (χ4v) is 9.69. The van der Waals surface area contributed by atoms with Crippen molar-refractivity contribution in [3.05, 3.63) is 200 Å². The number of benzene rings is 10. The summed E-state index contributed by atoms with van der Waals surface area (Å²) in [5.41, 5.74) is 8.29. The molecule has 0 unspecified atom stereocenters. The van der Waals surface area contributed by atoms with Gasteiger partial charge in [0, 0.05) is 36.8 Å². The zero-order valence-corrected chi connectivity index (χ0v) is 30.2. The van der Waals surface area contributed by atoms with Crippen molar-refractivity contribution in [2.24, 2.45) is 0 Å². The highest BCUT2D eigenvalue weighted by Crippen LogP contribution is 2.48. The summed E-state index contributed by atoms with van der Waals surface area (Å²) in [4.78, 5) is 2.50. The minimum Gasteiger partial charge on any atom is -0.309 e. The van der Waals surface area contributed by atoms with Gasteiger partial charge < -0.3 is 4.90 Å². The molecule has 54 heavy (non-hydrogen) atoms. The topological polar surface area (TPSA) is 3.24 Å². The standard InChI is InChI=1S/C52H33NS/c1-2-14-34(15-3-1)40-28-29-50(44-23-11-10-21-42(40)44)53(38-26-27-46-48-30-35-16-4-5-17-36(35)32-51(48)54-52(46)33-38)49-25-13-12-24-45(49)47-31-37-18-6-7-19-39(37)41-20-8-9-22-43(41)47/h1-33H. The average molecular weight is 704 g/mol. The number of nitrogens with zero attached hydrogens (tertiary/aromatic N) is 1. The predicted molar refractivity (Wildman–Crippen MR) is 235 cm³/mol. The van der Waals surface area contributed by atoms with Crippen LogP contribution in [0.15, 0.2) is 200 Å². The van der Waals surface area contributed by atoms with Crippen molar-refractivity contribution in [3.8, 4) is 22.3 Å². The van der Waals surface area contributed by atoms with E-state index in [1.165, 1.54) is 85.5 Å². The molecule has 0 N–H and O–H groups in total. The van der Waals surface area contributed by atoms with Crippen LogP contribution in [-0.4, -0.2) is 0 Å². The molecule has 1 heterocycles. The molecule has 2 heteroatoms. The number of para-hydroxylation sites is 1. The maximum absolute atomic E-state index is 2.50. The third-order valence-electron chi connectivity index (χ3n) is 11.0. The van der Waals surface area contributed by atoms with E-state index < -0.39 is 0 Å². The number of thiophene rings is 1. The summed E-state index contributed by atoms with van der Waals surface area (Å²) >= 11 is 1.88. The van der Waals surface area contributed by atoms with Crippen molar-refractivity contribution in [1.82, 2.24) is 0 Å². The Morgan fingerprint density at radius 3 is 1.72 bits per heavy atom. The van der Waals surface area contributed by atoms with E-state index in [9.17, 15) is 0 Å². The Balaban J connectivity index is 1.20. The van der Waals surface area contributed by atoms with Gasteiger partial charge in [-0.1, -0.05) is 158 Å². The van der Waals surface area contributed by atoms with E-state index in [1.54, 1.807) is 0 Å². The number of hydrogen-bond donors (Lipinski definition) is 0. The normalized spacial score (nSPS) is 11.7. The van der Waals surface area contributed by atoms with Gasteiger partial charge in [-0.25, -0.2) is 0 Å². The van der Waals surface area contributed by atoms with Crippen molar-refractivity contribution in [2.45, 2.75) is 0 Å². The first kappa shape index (κ1) is 30.8. The molecule has 0 fully saturated rings. The van der Waals surface area contributed by atoms with Crippen LogP contribution in [0.25, 0.3) is 85.5 Å². The monoisotopic (exact) mass is 703 g/mol. The fourth-order valence-electron chi connectivity index (χ4n) is 8.52. The van der Waals surface area contributed by atoms with Gasteiger partial charge in [-0.3, -0.25) is 0 Å². The quantitative estimate of drug-likeness (QED) is 0.161. The van der Waals surface area contributed by atoms with Crippen LogP contribution in [0, 0.1) is 0 Å². The first-order valence-corrected chi connectivity index (χ1v) is 19.3. The predicted octanol–water partition coefficient (Wildman–Crippen LogP) is 15.5. The minimum absolute atomic E-state index is 1.13. The molecule has 0 saturated carbocycles. The first-order chi connectivity index (χ1) is 26.8. The summed E-state index contributed by atoms with van der Waals surface area (Å²) in [6.45, 7) is 0.